The van der Waals surface area contributed by atoms with E-state index in [4.69, 9.17) is 4.42 Å². The normalized spacial score (nSPS) is 15.5. The summed E-state index contributed by atoms with van der Waals surface area (Å²) in [4.78, 5) is 25.8. The summed E-state index contributed by atoms with van der Waals surface area (Å²) in [6.45, 7) is 9.28. The summed E-state index contributed by atoms with van der Waals surface area (Å²) in [6, 6.07) is 10.2. The molecule has 1 fully saturated rings. The molecular weight excluding hydrogens is 378 g/mol. The second-order valence-electron chi connectivity index (χ2n) is 7.89. The van der Waals surface area contributed by atoms with Crippen molar-refractivity contribution in [1.29, 1.82) is 0 Å². The van der Waals surface area contributed by atoms with Gasteiger partial charge in [-0.1, -0.05) is 24.3 Å². The molecule has 4 rings (SSSR count). The lowest BCUT2D eigenvalue weighted by Gasteiger charge is -2.33. The van der Waals surface area contributed by atoms with Crippen LogP contribution in [-0.4, -0.2) is 64.9 Å². The molecule has 0 radical (unpaired) electrons. The Morgan fingerprint density at radius 3 is 2.63 bits per heavy atom. The van der Waals surface area contributed by atoms with E-state index in [0.717, 1.165) is 67.4 Å². The molecule has 2 aromatic heterocycles. The summed E-state index contributed by atoms with van der Waals surface area (Å²) >= 11 is 0. The summed E-state index contributed by atoms with van der Waals surface area (Å²) in [5.41, 5.74) is 3.14. The number of aryl methyl sites for hydroxylation is 2. The van der Waals surface area contributed by atoms with E-state index in [1.165, 1.54) is 5.56 Å². The van der Waals surface area contributed by atoms with Crippen molar-refractivity contribution in [1.82, 2.24) is 25.1 Å². The number of carbonyl (C=O) groups is 1. The Morgan fingerprint density at radius 2 is 1.87 bits per heavy atom. The summed E-state index contributed by atoms with van der Waals surface area (Å²) in [7, 11) is 0. The van der Waals surface area contributed by atoms with Gasteiger partial charge in [0.15, 0.2) is 0 Å². The van der Waals surface area contributed by atoms with Gasteiger partial charge in [-0.2, -0.15) is 0 Å². The predicted molar refractivity (Wildman–Crippen MR) is 116 cm³/mol. The van der Waals surface area contributed by atoms with E-state index in [-0.39, 0.29) is 5.91 Å². The van der Waals surface area contributed by atoms with Crippen molar-refractivity contribution >= 4 is 16.8 Å². The van der Waals surface area contributed by atoms with E-state index < -0.39 is 0 Å². The van der Waals surface area contributed by atoms with Crippen LogP contribution in [0.1, 0.15) is 22.9 Å². The number of amides is 1. The second kappa shape index (κ2) is 9.36. The van der Waals surface area contributed by atoms with E-state index in [0.29, 0.717) is 13.1 Å². The van der Waals surface area contributed by atoms with Gasteiger partial charge < -0.3 is 9.73 Å². The van der Waals surface area contributed by atoms with Gasteiger partial charge in [0.05, 0.1) is 24.3 Å². The topological polar surface area (TPSA) is 74.5 Å². The van der Waals surface area contributed by atoms with E-state index >= 15 is 0 Å². The predicted octanol–water partition coefficient (Wildman–Crippen LogP) is 2.32. The Hall–Kier alpha value is -2.77. The van der Waals surface area contributed by atoms with Gasteiger partial charge in [-0.3, -0.25) is 19.6 Å². The number of hydrogen-bond acceptors (Lipinski definition) is 6. The molecule has 7 nitrogen and oxygen atoms in total. The van der Waals surface area contributed by atoms with Gasteiger partial charge in [-0.05, 0) is 31.9 Å². The minimum absolute atomic E-state index is 0.0793. The first-order chi connectivity index (χ1) is 14.6. The summed E-state index contributed by atoms with van der Waals surface area (Å²) in [5.74, 6) is 1.74. The van der Waals surface area contributed by atoms with E-state index in [2.05, 4.69) is 43.3 Å². The Balaban J connectivity index is 1.19. The van der Waals surface area contributed by atoms with Crippen LogP contribution < -0.4 is 5.32 Å². The molecule has 1 aromatic carbocycles. The molecule has 1 amide bonds. The minimum atomic E-state index is 0.0793. The minimum Gasteiger partial charge on any atom is -0.444 e. The molecule has 0 atom stereocenters. The second-order valence-corrected chi connectivity index (χ2v) is 7.89. The number of pyridine rings is 1. The van der Waals surface area contributed by atoms with Gasteiger partial charge in [0.2, 0.25) is 11.8 Å². The average molecular weight is 408 g/mol. The maximum absolute atomic E-state index is 12.4. The number of fused-ring (bicyclic) bond motifs is 1. The highest BCUT2D eigenvalue weighted by Crippen LogP contribution is 2.16. The average Bonchev–Trinajstić information content (AvgIpc) is 3.06. The molecule has 1 N–H and O–H groups in total. The molecule has 7 heteroatoms. The first-order valence-electron chi connectivity index (χ1n) is 10.6. The summed E-state index contributed by atoms with van der Waals surface area (Å²) < 4.78 is 5.68. The van der Waals surface area contributed by atoms with Gasteiger partial charge in [-0.25, -0.2) is 4.98 Å². The van der Waals surface area contributed by atoms with Crippen LogP contribution >= 0.6 is 0 Å². The molecule has 0 aliphatic carbocycles. The van der Waals surface area contributed by atoms with Crippen molar-refractivity contribution in [2.24, 2.45) is 0 Å². The highest BCUT2D eigenvalue weighted by atomic mass is 16.4. The van der Waals surface area contributed by atoms with Crippen molar-refractivity contribution in [3.05, 3.63) is 59.4 Å². The molecule has 3 aromatic rings. The van der Waals surface area contributed by atoms with Crippen LogP contribution in [-0.2, 0) is 17.8 Å². The van der Waals surface area contributed by atoms with Gasteiger partial charge in [-0.15, -0.1) is 0 Å². The van der Waals surface area contributed by atoms with Crippen LogP contribution in [0.5, 0.6) is 0 Å². The highest BCUT2D eigenvalue weighted by Gasteiger charge is 2.20. The van der Waals surface area contributed by atoms with Gasteiger partial charge in [0, 0.05) is 44.3 Å². The maximum atomic E-state index is 12.4. The Morgan fingerprint density at radius 1 is 1.10 bits per heavy atom. The fourth-order valence-electron chi connectivity index (χ4n) is 3.87. The lowest BCUT2D eigenvalue weighted by Crippen LogP contribution is -2.49. The summed E-state index contributed by atoms with van der Waals surface area (Å²) in [5, 5.41) is 4.19. The fraction of sp³-hybridized carbons (Fsp3) is 0.435. The van der Waals surface area contributed by atoms with Gasteiger partial charge >= 0.3 is 0 Å². The number of hydrogen-bond donors (Lipinski definition) is 1. The standard InChI is InChI=1S/C23H29N5O2/c1-17-18(2)30-22(26-17)16-28-13-11-27(12-14-28)15-21(29)24-10-8-20-6-3-5-19-7-4-9-25-23(19)20/h3-7,9H,8,10-16H2,1-2H3,(H,24,29). The zero-order valence-electron chi connectivity index (χ0n) is 17.7. The van der Waals surface area contributed by atoms with Crippen LogP contribution in [0.15, 0.2) is 40.9 Å². The molecule has 158 valence electrons. The van der Waals surface area contributed by atoms with E-state index in [1.807, 2.05) is 32.2 Å². The Bertz CT molecular complexity index is 983. The number of oxazole rings is 1. The van der Waals surface area contributed by atoms with Gasteiger partial charge in [0.25, 0.3) is 0 Å². The lowest BCUT2D eigenvalue weighted by atomic mass is 10.1. The molecular formula is C23H29N5O2. The number of piperazine rings is 1. The number of benzene rings is 1. The maximum Gasteiger partial charge on any atom is 0.234 e. The van der Waals surface area contributed by atoms with E-state index in [9.17, 15) is 4.79 Å². The molecule has 1 aliphatic rings. The smallest absolute Gasteiger partial charge is 0.234 e. The lowest BCUT2D eigenvalue weighted by molar-refractivity contribution is -0.122. The molecule has 30 heavy (non-hydrogen) atoms. The van der Waals surface area contributed by atoms with Gasteiger partial charge in [0.1, 0.15) is 5.76 Å². The Labute approximate surface area is 177 Å². The molecule has 3 heterocycles. The molecule has 1 aliphatic heterocycles. The summed E-state index contributed by atoms with van der Waals surface area (Å²) in [6.07, 6.45) is 2.59. The van der Waals surface area contributed by atoms with Crippen molar-refractivity contribution in [2.45, 2.75) is 26.8 Å². The van der Waals surface area contributed by atoms with Crippen LogP contribution in [0.3, 0.4) is 0 Å². The van der Waals surface area contributed by atoms with Crippen molar-refractivity contribution in [2.75, 3.05) is 39.3 Å². The number of para-hydroxylation sites is 1. The van der Waals surface area contributed by atoms with Crippen molar-refractivity contribution in [3.63, 3.8) is 0 Å². The number of nitrogens with zero attached hydrogens (tertiary/aromatic N) is 4. The van der Waals surface area contributed by atoms with Crippen molar-refractivity contribution < 1.29 is 9.21 Å². The quantitative estimate of drug-likeness (QED) is 0.648. The number of nitrogens with one attached hydrogen (secondary N) is 1. The molecule has 0 unspecified atom stereocenters. The fourth-order valence-corrected chi connectivity index (χ4v) is 3.87. The van der Waals surface area contributed by atoms with Crippen LogP contribution in [0.25, 0.3) is 10.9 Å². The monoisotopic (exact) mass is 407 g/mol. The molecule has 0 spiro atoms. The number of carbonyl (C=O) groups excluding carboxylic acids is 1. The Kier molecular flexibility index (Phi) is 6.40. The molecule has 0 bridgehead atoms. The molecule has 0 saturated carbocycles. The van der Waals surface area contributed by atoms with Crippen LogP contribution in [0.4, 0.5) is 0 Å². The van der Waals surface area contributed by atoms with E-state index in [1.54, 1.807) is 0 Å². The van der Waals surface area contributed by atoms with Crippen LogP contribution in [0.2, 0.25) is 0 Å². The first-order valence-corrected chi connectivity index (χ1v) is 10.6. The third-order valence-corrected chi connectivity index (χ3v) is 5.70. The highest BCUT2D eigenvalue weighted by molar-refractivity contribution is 5.81. The zero-order chi connectivity index (χ0) is 20.9. The first kappa shape index (κ1) is 20.5. The third kappa shape index (κ3) is 5.04. The number of rotatable bonds is 7. The zero-order valence-corrected chi connectivity index (χ0v) is 17.7. The largest absolute Gasteiger partial charge is 0.444 e. The SMILES string of the molecule is Cc1nc(CN2CCN(CC(=O)NCCc3cccc4cccnc34)CC2)oc1C. The third-order valence-electron chi connectivity index (χ3n) is 5.70. The van der Waals surface area contributed by atoms with Crippen molar-refractivity contribution in [3.8, 4) is 0 Å². The number of aromatic nitrogens is 2. The molecule has 1 saturated heterocycles. The van der Waals surface area contributed by atoms with Crippen LogP contribution in [0, 0.1) is 13.8 Å².